The van der Waals surface area contributed by atoms with Crippen LogP contribution in [0.1, 0.15) is 11.1 Å². The highest BCUT2D eigenvalue weighted by molar-refractivity contribution is 7.89. The van der Waals surface area contributed by atoms with Crippen LogP contribution < -0.4 is 14.8 Å². The second kappa shape index (κ2) is 9.94. The van der Waals surface area contributed by atoms with Gasteiger partial charge in [0, 0.05) is 6.54 Å². The molecule has 0 atom stereocenters. The third-order valence-electron chi connectivity index (χ3n) is 3.86. The monoisotopic (exact) mass is 376 g/mol. The predicted octanol–water partition coefficient (Wildman–Crippen LogP) is 1.52. The summed E-state index contributed by atoms with van der Waals surface area (Å²) in [5.74, 6) is 0.359. The van der Waals surface area contributed by atoms with Crippen molar-refractivity contribution in [1.29, 1.82) is 0 Å². The Bertz CT molecular complexity index is 807. The molecule has 7 heteroatoms. The summed E-state index contributed by atoms with van der Waals surface area (Å²) in [7, 11) is -1.89. The van der Waals surface area contributed by atoms with E-state index >= 15 is 0 Å². The number of aryl methyl sites for hydroxylation is 1. The molecule has 140 valence electrons. The Morgan fingerprint density at radius 2 is 1.69 bits per heavy atom. The van der Waals surface area contributed by atoms with Crippen molar-refractivity contribution in [3.8, 4) is 5.75 Å². The Labute approximate surface area is 154 Å². The Kier molecular flexibility index (Phi) is 7.62. The first-order chi connectivity index (χ1) is 12.5. The quantitative estimate of drug-likeness (QED) is 0.658. The number of para-hydroxylation sites is 1. The zero-order valence-electron chi connectivity index (χ0n) is 14.8. The van der Waals surface area contributed by atoms with E-state index in [0.717, 1.165) is 16.9 Å². The van der Waals surface area contributed by atoms with E-state index in [9.17, 15) is 13.2 Å². The number of hydrogen-bond acceptors (Lipinski definition) is 4. The van der Waals surface area contributed by atoms with Gasteiger partial charge in [0.25, 0.3) is 0 Å². The van der Waals surface area contributed by atoms with E-state index in [1.165, 1.54) is 0 Å². The number of amides is 1. The molecule has 0 aliphatic heterocycles. The van der Waals surface area contributed by atoms with Crippen LogP contribution >= 0.6 is 0 Å². The molecule has 2 aromatic carbocycles. The van der Waals surface area contributed by atoms with E-state index in [2.05, 4.69) is 10.0 Å². The number of ether oxygens (including phenoxy) is 1. The van der Waals surface area contributed by atoms with Crippen molar-refractivity contribution in [2.45, 2.75) is 12.8 Å². The molecule has 2 N–H and O–H groups in total. The van der Waals surface area contributed by atoms with Crippen LogP contribution in [-0.2, 0) is 27.7 Å². The van der Waals surface area contributed by atoms with E-state index in [4.69, 9.17) is 4.74 Å². The average Bonchev–Trinajstić information content (AvgIpc) is 2.66. The number of nitrogens with one attached hydrogen (secondary N) is 2. The number of rotatable bonds is 10. The second-order valence-corrected chi connectivity index (χ2v) is 7.71. The maximum atomic E-state index is 12.0. The van der Waals surface area contributed by atoms with Crippen LogP contribution in [0, 0.1) is 0 Å². The van der Waals surface area contributed by atoms with E-state index in [-0.39, 0.29) is 18.2 Å². The van der Waals surface area contributed by atoms with Gasteiger partial charge in [-0.2, -0.15) is 0 Å². The Morgan fingerprint density at radius 3 is 2.42 bits per heavy atom. The van der Waals surface area contributed by atoms with Crippen molar-refractivity contribution in [2.24, 2.45) is 0 Å². The van der Waals surface area contributed by atoms with Crippen LogP contribution in [0.15, 0.2) is 54.6 Å². The molecule has 0 aliphatic carbocycles. The topological polar surface area (TPSA) is 84.5 Å². The first-order valence-electron chi connectivity index (χ1n) is 8.40. The molecule has 1 amide bonds. The summed E-state index contributed by atoms with van der Waals surface area (Å²) in [5, 5.41) is 2.71. The van der Waals surface area contributed by atoms with Gasteiger partial charge in [-0.3, -0.25) is 4.79 Å². The van der Waals surface area contributed by atoms with Gasteiger partial charge in [-0.1, -0.05) is 48.5 Å². The number of hydrogen-bond donors (Lipinski definition) is 2. The van der Waals surface area contributed by atoms with Gasteiger partial charge >= 0.3 is 0 Å². The molecule has 0 saturated heterocycles. The summed E-state index contributed by atoms with van der Waals surface area (Å²) < 4.78 is 31.5. The first-order valence-corrected chi connectivity index (χ1v) is 10.1. The number of carbonyl (C=O) groups is 1. The fourth-order valence-corrected chi connectivity index (χ4v) is 3.45. The first kappa shape index (κ1) is 19.9. The molecule has 0 radical (unpaired) electrons. The lowest BCUT2D eigenvalue weighted by molar-refractivity contribution is -0.119. The summed E-state index contributed by atoms with van der Waals surface area (Å²) >= 11 is 0. The number of carbonyl (C=O) groups excluding carboxylic acids is 1. The zero-order chi connectivity index (χ0) is 18.8. The molecule has 0 heterocycles. The van der Waals surface area contributed by atoms with E-state index < -0.39 is 10.0 Å². The smallest absolute Gasteiger partial charge is 0.235 e. The highest BCUT2D eigenvalue weighted by Crippen LogP contribution is 2.17. The van der Waals surface area contributed by atoms with Gasteiger partial charge < -0.3 is 10.1 Å². The molecule has 6 nitrogen and oxygen atoms in total. The fraction of sp³-hybridized carbons (Fsp3) is 0.316. The van der Waals surface area contributed by atoms with Gasteiger partial charge in [0.15, 0.2) is 0 Å². The lowest BCUT2D eigenvalue weighted by atomic mass is 10.1. The third kappa shape index (κ3) is 6.85. The minimum atomic E-state index is -3.49. The minimum Gasteiger partial charge on any atom is -0.496 e. The molecular formula is C19H24N2O4S. The summed E-state index contributed by atoms with van der Waals surface area (Å²) in [6, 6.07) is 16.9. The zero-order valence-corrected chi connectivity index (χ0v) is 15.6. The molecule has 0 spiro atoms. The maximum absolute atomic E-state index is 12.0. The van der Waals surface area contributed by atoms with Gasteiger partial charge in [-0.15, -0.1) is 0 Å². The van der Waals surface area contributed by atoms with Gasteiger partial charge in [0.2, 0.25) is 15.9 Å². The average molecular weight is 376 g/mol. The van der Waals surface area contributed by atoms with Gasteiger partial charge in [-0.25, -0.2) is 13.1 Å². The summed E-state index contributed by atoms with van der Waals surface area (Å²) in [6.07, 6.45) is 1.02. The number of benzene rings is 2. The molecule has 0 aromatic heterocycles. The van der Waals surface area contributed by atoms with Crippen LogP contribution in [-0.4, -0.2) is 40.3 Å². The van der Waals surface area contributed by atoms with Crippen LogP contribution in [0.5, 0.6) is 5.75 Å². The highest BCUT2D eigenvalue weighted by Gasteiger charge is 2.12. The van der Waals surface area contributed by atoms with Crippen molar-refractivity contribution in [3.05, 3.63) is 65.7 Å². The van der Waals surface area contributed by atoms with Crippen LogP contribution in [0.2, 0.25) is 0 Å². The molecule has 0 bridgehead atoms. The van der Waals surface area contributed by atoms with Crippen LogP contribution in [0.25, 0.3) is 0 Å². The number of sulfonamides is 1. The molecule has 26 heavy (non-hydrogen) atoms. The normalized spacial score (nSPS) is 11.1. The highest BCUT2D eigenvalue weighted by atomic mass is 32.2. The lowest BCUT2D eigenvalue weighted by Crippen LogP contribution is -2.38. The Morgan fingerprint density at radius 1 is 1.00 bits per heavy atom. The van der Waals surface area contributed by atoms with Crippen molar-refractivity contribution < 1.29 is 17.9 Å². The van der Waals surface area contributed by atoms with E-state index in [1.807, 2.05) is 54.6 Å². The molecule has 0 fully saturated rings. The Hall–Kier alpha value is -2.38. The van der Waals surface area contributed by atoms with Crippen molar-refractivity contribution in [2.75, 3.05) is 26.0 Å². The van der Waals surface area contributed by atoms with Gasteiger partial charge in [-0.05, 0) is 30.0 Å². The third-order valence-corrected chi connectivity index (χ3v) is 5.19. The molecule has 2 aromatic rings. The molecule has 0 aliphatic rings. The Balaban J connectivity index is 1.70. The number of methoxy groups -OCH3 is 1. The fourth-order valence-electron chi connectivity index (χ4n) is 2.45. The predicted molar refractivity (Wildman–Crippen MR) is 102 cm³/mol. The van der Waals surface area contributed by atoms with Crippen molar-refractivity contribution >= 4 is 15.9 Å². The van der Waals surface area contributed by atoms with Crippen LogP contribution in [0.4, 0.5) is 0 Å². The molecule has 2 rings (SSSR count). The van der Waals surface area contributed by atoms with Gasteiger partial charge in [0.1, 0.15) is 5.75 Å². The van der Waals surface area contributed by atoms with E-state index in [1.54, 1.807) is 7.11 Å². The van der Waals surface area contributed by atoms with Crippen molar-refractivity contribution in [1.82, 2.24) is 10.0 Å². The molecule has 0 unspecified atom stereocenters. The van der Waals surface area contributed by atoms with Gasteiger partial charge in [0.05, 0.1) is 19.4 Å². The van der Waals surface area contributed by atoms with Crippen molar-refractivity contribution in [3.63, 3.8) is 0 Å². The summed E-state index contributed by atoms with van der Waals surface area (Å²) in [6.45, 7) is 0.147. The molecule has 0 saturated carbocycles. The minimum absolute atomic E-state index is 0.0501. The SMILES string of the molecule is COc1ccccc1CCNC(=O)CNS(=O)(=O)CCc1ccccc1. The maximum Gasteiger partial charge on any atom is 0.235 e. The van der Waals surface area contributed by atoms with Crippen LogP contribution in [0.3, 0.4) is 0 Å². The molecular weight excluding hydrogens is 352 g/mol. The lowest BCUT2D eigenvalue weighted by Gasteiger charge is -2.10. The van der Waals surface area contributed by atoms with E-state index in [0.29, 0.717) is 19.4 Å². The standard InChI is InChI=1S/C19H24N2O4S/c1-25-18-10-6-5-9-17(18)11-13-20-19(22)15-21-26(23,24)14-12-16-7-3-2-4-8-16/h2-10,21H,11-15H2,1H3,(H,20,22). The largest absolute Gasteiger partial charge is 0.496 e. The summed E-state index contributed by atoms with van der Waals surface area (Å²) in [5.41, 5.74) is 1.93. The second-order valence-electron chi connectivity index (χ2n) is 5.79. The summed E-state index contributed by atoms with van der Waals surface area (Å²) in [4.78, 5) is 11.8.